The number of imidazole rings is 1. The molecule has 0 aliphatic carbocycles. The van der Waals surface area contributed by atoms with Crippen molar-refractivity contribution < 1.29 is 14.7 Å². The number of aliphatic carboxylic acids is 1. The molecule has 0 saturated carbocycles. The van der Waals surface area contributed by atoms with E-state index in [2.05, 4.69) is 16.9 Å². The van der Waals surface area contributed by atoms with Gasteiger partial charge in [0.25, 0.3) is 0 Å². The van der Waals surface area contributed by atoms with Crippen molar-refractivity contribution >= 4 is 11.8 Å². The number of aromatic amines is 1. The van der Waals surface area contributed by atoms with Crippen molar-refractivity contribution in [1.82, 2.24) is 9.97 Å². The number of hydrogen-bond acceptors (Lipinski definition) is 4. The zero-order valence-corrected chi connectivity index (χ0v) is 19.0. The molecular weight excluding hydrogens is 378 g/mol. The monoisotopic (exact) mass is 421 g/mol. The summed E-state index contributed by atoms with van der Waals surface area (Å²) in [5.41, 5.74) is 6.09. The summed E-state index contributed by atoms with van der Waals surface area (Å²) in [6, 6.07) is -0.982. The zero-order valence-electron chi connectivity index (χ0n) is 19.0. The first-order valence-corrected chi connectivity index (χ1v) is 12.1. The van der Waals surface area contributed by atoms with Crippen molar-refractivity contribution in [3.05, 3.63) is 17.7 Å². The van der Waals surface area contributed by atoms with E-state index >= 15 is 0 Å². The normalized spacial score (nSPS) is 12.2. The van der Waals surface area contributed by atoms with E-state index in [0.29, 0.717) is 17.9 Å². The number of nitrogens with one attached hydrogen (secondary N) is 1. The van der Waals surface area contributed by atoms with Crippen LogP contribution in [-0.2, 0) is 11.2 Å². The summed E-state index contributed by atoms with van der Waals surface area (Å²) in [7, 11) is 0. The first kappa shape index (κ1) is 26.3. The quantitative estimate of drug-likeness (QED) is 0.182. The maximum absolute atomic E-state index is 12.2. The van der Waals surface area contributed by atoms with E-state index < -0.39 is 12.0 Å². The van der Waals surface area contributed by atoms with Crippen molar-refractivity contribution in [2.45, 2.75) is 122 Å². The summed E-state index contributed by atoms with van der Waals surface area (Å²) in [5, 5.41) is 8.84. The van der Waals surface area contributed by atoms with E-state index in [9.17, 15) is 9.59 Å². The number of Topliss-reactive ketones (excluding diaryl/α,β-unsaturated/α-hetero) is 1. The topological polar surface area (TPSA) is 109 Å². The second-order valence-electron chi connectivity index (χ2n) is 8.53. The Kier molecular flexibility index (Phi) is 15.0. The minimum atomic E-state index is -1.06. The molecule has 0 spiro atoms. The van der Waals surface area contributed by atoms with Crippen LogP contribution in [0.2, 0.25) is 0 Å². The Hall–Kier alpha value is -1.69. The molecule has 1 rings (SSSR count). The van der Waals surface area contributed by atoms with Crippen LogP contribution in [0.3, 0.4) is 0 Å². The lowest BCUT2D eigenvalue weighted by Crippen LogP contribution is -2.32. The molecule has 6 heteroatoms. The third kappa shape index (κ3) is 12.8. The lowest BCUT2D eigenvalue weighted by atomic mass is 10.0. The van der Waals surface area contributed by atoms with Crippen molar-refractivity contribution in [3.63, 3.8) is 0 Å². The number of carbonyl (C=O) groups excluding carboxylic acids is 1. The van der Waals surface area contributed by atoms with Crippen molar-refractivity contribution in [3.8, 4) is 0 Å². The predicted molar refractivity (Wildman–Crippen MR) is 122 cm³/mol. The highest BCUT2D eigenvalue weighted by Crippen LogP contribution is 2.14. The third-order valence-corrected chi connectivity index (χ3v) is 5.66. The van der Waals surface area contributed by atoms with E-state index in [-0.39, 0.29) is 12.2 Å². The third-order valence-electron chi connectivity index (χ3n) is 5.66. The fourth-order valence-corrected chi connectivity index (χ4v) is 3.70. The summed E-state index contributed by atoms with van der Waals surface area (Å²) < 4.78 is 0. The van der Waals surface area contributed by atoms with E-state index in [0.717, 1.165) is 12.8 Å². The smallest absolute Gasteiger partial charge is 0.320 e. The van der Waals surface area contributed by atoms with Crippen molar-refractivity contribution in [2.24, 2.45) is 5.73 Å². The standard InChI is InChI=1S/C24H43N3O3/c1-2-3-4-5-6-7-8-9-10-11-12-13-14-15-16-17-22(28)23-26-19-20(27-23)18-21(25)24(29)30/h19,21H,2-18,25H2,1H3,(H,26,27)(H,29,30). The van der Waals surface area contributed by atoms with Crippen LogP contribution in [0.5, 0.6) is 0 Å². The number of hydrogen-bond donors (Lipinski definition) is 3. The molecule has 0 aliphatic heterocycles. The van der Waals surface area contributed by atoms with Gasteiger partial charge in [0.15, 0.2) is 11.6 Å². The van der Waals surface area contributed by atoms with E-state index in [1.165, 1.54) is 89.7 Å². The van der Waals surface area contributed by atoms with Crippen molar-refractivity contribution in [1.29, 1.82) is 0 Å². The molecule has 1 heterocycles. The molecule has 0 amide bonds. The maximum Gasteiger partial charge on any atom is 0.320 e. The van der Waals surface area contributed by atoms with Gasteiger partial charge in [0, 0.05) is 24.7 Å². The summed E-state index contributed by atoms with van der Waals surface area (Å²) in [4.78, 5) is 29.9. The number of carboxylic acid groups (broad SMARTS) is 1. The first-order chi connectivity index (χ1) is 14.5. The Morgan fingerprint density at radius 2 is 1.37 bits per heavy atom. The van der Waals surface area contributed by atoms with Gasteiger partial charge in [-0.15, -0.1) is 0 Å². The van der Waals surface area contributed by atoms with Crippen molar-refractivity contribution in [2.75, 3.05) is 0 Å². The van der Waals surface area contributed by atoms with Gasteiger partial charge in [-0.2, -0.15) is 0 Å². The van der Waals surface area contributed by atoms with Gasteiger partial charge in [0.1, 0.15) is 6.04 Å². The van der Waals surface area contributed by atoms with Gasteiger partial charge in [-0.1, -0.05) is 96.8 Å². The Bertz CT molecular complexity index is 586. The highest BCUT2D eigenvalue weighted by molar-refractivity contribution is 5.92. The van der Waals surface area contributed by atoms with Gasteiger partial charge in [0.05, 0.1) is 0 Å². The average molecular weight is 422 g/mol. The van der Waals surface area contributed by atoms with Gasteiger partial charge in [-0.25, -0.2) is 4.98 Å². The number of ketones is 1. The number of nitrogens with zero attached hydrogens (tertiary/aromatic N) is 1. The summed E-state index contributed by atoms with van der Waals surface area (Å²) in [6.07, 6.45) is 21.6. The molecule has 4 N–H and O–H groups in total. The lowest BCUT2D eigenvalue weighted by Gasteiger charge is -2.04. The van der Waals surface area contributed by atoms with Crippen LogP contribution in [-0.4, -0.2) is 32.9 Å². The van der Waals surface area contributed by atoms with Gasteiger partial charge >= 0.3 is 5.97 Å². The van der Waals surface area contributed by atoms with Gasteiger partial charge < -0.3 is 15.8 Å². The average Bonchev–Trinajstić information content (AvgIpc) is 3.19. The molecule has 0 saturated heterocycles. The Balaban J connectivity index is 1.94. The first-order valence-electron chi connectivity index (χ1n) is 12.1. The van der Waals surface area contributed by atoms with Gasteiger partial charge in [-0.3, -0.25) is 9.59 Å². The molecule has 1 aromatic heterocycles. The molecule has 1 unspecified atom stereocenters. The van der Waals surface area contributed by atoms with E-state index in [1.54, 1.807) is 0 Å². The molecule has 30 heavy (non-hydrogen) atoms. The van der Waals surface area contributed by atoms with Gasteiger partial charge in [-0.05, 0) is 6.42 Å². The number of nitrogens with two attached hydrogens (primary N) is 1. The molecule has 172 valence electrons. The fraction of sp³-hybridized carbons (Fsp3) is 0.792. The number of H-pyrrole nitrogens is 1. The summed E-state index contributed by atoms with van der Waals surface area (Å²) in [5.74, 6) is -0.761. The molecule has 1 aromatic rings. The van der Waals surface area contributed by atoms with Crippen LogP contribution in [0, 0.1) is 0 Å². The summed E-state index contributed by atoms with van der Waals surface area (Å²) in [6.45, 7) is 2.26. The zero-order chi connectivity index (χ0) is 22.0. The number of aromatic nitrogens is 2. The Morgan fingerprint density at radius 1 is 0.900 bits per heavy atom. The lowest BCUT2D eigenvalue weighted by molar-refractivity contribution is -0.138. The molecular formula is C24H43N3O3. The molecule has 1 atom stereocenters. The molecule has 0 bridgehead atoms. The van der Waals surface area contributed by atoms with Crippen LogP contribution < -0.4 is 5.73 Å². The highest BCUT2D eigenvalue weighted by atomic mass is 16.4. The van der Waals surface area contributed by atoms with Crippen LogP contribution in [0.25, 0.3) is 0 Å². The maximum atomic E-state index is 12.2. The predicted octanol–water partition coefficient (Wildman–Crippen LogP) is 5.81. The number of carboxylic acids is 1. The van der Waals surface area contributed by atoms with E-state index in [1.807, 2.05) is 0 Å². The van der Waals surface area contributed by atoms with Crippen LogP contribution in [0.4, 0.5) is 0 Å². The molecule has 6 nitrogen and oxygen atoms in total. The Labute approximate surface area is 182 Å². The second kappa shape index (κ2) is 17.0. The SMILES string of the molecule is CCCCCCCCCCCCCCCCCC(=O)c1ncc(CC(N)C(=O)O)[nH]1. The number of rotatable bonds is 20. The highest BCUT2D eigenvalue weighted by Gasteiger charge is 2.15. The molecule has 0 fully saturated rings. The second-order valence-corrected chi connectivity index (χ2v) is 8.53. The minimum absolute atomic E-state index is 0.0140. The van der Waals surface area contributed by atoms with Crippen LogP contribution >= 0.6 is 0 Å². The van der Waals surface area contributed by atoms with Crippen LogP contribution in [0.15, 0.2) is 6.20 Å². The molecule has 0 aromatic carbocycles. The molecule has 0 radical (unpaired) electrons. The molecule has 0 aliphatic rings. The Morgan fingerprint density at radius 3 is 1.83 bits per heavy atom. The fourth-order valence-electron chi connectivity index (χ4n) is 3.70. The van der Waals surface area contributed by atoms with Gasteiger partial charge in [0.2, 0.25) is 0 Å². The largest absolute Gasteiger partial charge is 0.480 e. The van der Waals surface area contributed by atoms with Crippen LogP contribution in [0.1, 0.15) is 126 Å². The summed E-state index contributed by atoms with van der Waals surface area (Å²) >= 11 is 0. The number of unbranched alkanes of at least 4 members (excludes halogenated alkanes) is 14. The number of carbonyl (C=O) groups is 2. The van der Waals surface area contributed by atoms with E-state index in [4.69, 9.17) is 10.8 Å². The minimum Gasteiger partial charge on any atom is -0.480 e.